The van der Waals surface area contributed by atoms with Gasteiger partial charge in [0.25, 0.3) is 0 Å². The van der Waals surface area contributed by atoms with Gasteiger partial charge in [-0.3, -0.25) is 0 Å². The first-order valence-corrected chi connectivity index (χ1v) is 5.47. The van der Waals surface area contributed by atoms with Crippen LogP contribution in [0.4, 0.5) is 0 Å². The first kappa shape index (κ1) is 11.8. The summed E-state index contributed by atoms with van der Waals surface area (Å²) in [5.74, 6) is 0. The van der Waals surface area contributed by atoms with Gasteiger partial charge in [0.05, 0.1) is 0 Å². The maximum absolute atomic E-state index is 6.08. The number of hydrogen-bond acceptors (Lipinski definition) is 1. The fraction of sp³-hybridized carbons (Fsp3) is 0.455. The van der Waals surface area contributed by atoms with E-state index in [4.69, 9.17) is 23.2 Å². The fourth-order valence-corrected chi connectivity index (χ4v) is 2.01. The van der Waals surface area contributed by atoms with Crippen molar-refractivity contribution in [2.75, 3.05) is 0 Å². The lowest BCUT2D eigenvalue weighted by molar-refractivity contribution is 0.506. The summed E-state index contributed by atoms with van der Waals surface area (Å²) in [6.45, 7) is 6.32. The summed E-state index contributed by atoms with van der Waals surface area (Å²) >= 11 is 11.9. The summed E-state index contributed by atoms with van der Waals surface area (Å²) in [7, 11) is 0. The van der Waals surface area contributed by atoms with Gasteiger partial charge in [0.1, 0.15) is 0 Å². The number of rotatable bonds is 3. The molecular formula is C11H15Cl2N. The van der Waals surface area contributed by atoms with E-state index in [1.807, 2.05) is 12.1 Å². The molecule has 1 atom stereocenters. The highest BCUT2D eigenvalue weighted by molar-refractivity contribution is 6.35. The molecule has 14 heavy (non-hydrogen) atoms. The zero-order valence-corrected chi connectivity index (χ0v) is 10.2. The van der Waals surface area contributed by atoms with Crippen LogP contribution in [0.25, 0.3) is 0 Å². The highest BCUT2D eigenvalue weighted by Gasteiger charge is 2.10. The van der Waals surface area contributed by atoms with Crippen molar-refractivity contribution in [1.82, 2.24) is 5.32 Å². The van der Waals surface area contributed by atoms with Gasteiger partial charge in [-0.15, -0.1) is 0 Å². The van der Waals surface area contributed by atoms with Crippen LogP contribution in [0.15, 0.2) is 18.2 Å². The average molecular weight is 232 g/mol. The van der Waals surface area contributed by atoms with E-state index in [2.05, 4.69) is 26.1 Å². The Bertz CT molecular complexity index is 310. The molecule has 0 aliphatic rings. The number of benzene rings is 1. The molecule has 3 heteroatoms. The predicted octanol–water partition coefficient (Wildman–Crippen LogP) is 4.05. The van der Waals surface area contributed by atoms with E-state index in [0.29, 0.717) is 11.1 Å². The SMILES string of the molecule is CC(C)NC(C)c1ccc(Cl)cc1Cl. The molecule has 1 rings (SSSR count). The van der Waals surface area contributed by atoms with Crippen LogP contribution < -0.4 is 5.32 Å². The zero-order chi connectivity index (χ0) is 10.7. The van der Waals surface area contributed by atoms with Crippen molar-refractivity contribution in [2.24, 2.45) is 0 Å². The van der Waals surface area contributed by atoms with E-state index in [-0.39, 0.29) is 6.04 Å². The molecule has 1 N–H and O–H groups in total. The maximum Gasteiger partial charge on any atom is 0.0468 e. The summed E-state index contributed by atoms with van der Waals surface area (Å²) in [5.41, 5.74) is 1.09. The number of nitrogens with one attached hydrogen (secondary N) is 1. The highest BCUT2D eigenvalue weighted by atomic mass is 35.5. The van der Waals surface area contributed by atoms with Crippen molar-refractivity contribution in [2.45, 2.75) is 32.9 Å². The maximum atomic E-state index is 6.08. The van der Waals surface area contributed by atoms with Gasteiger partial charge in [-0.1, -0.05) is 43.1 Å². The second-order valence-electron chi connectivity index (χ2n) is 3.71. The van der Waals surface area contributed by atoms with Crippen LogP contribution in [0.3, 0.4) is 0 Å². The Balaban J connectivity index is 2.84. The third-order valence-corrected chi connectivity index (χ3v) is 2.57. The Kier molecular flexibility index (Phi) is 4.24. The Morgan fingerprint density at radius 2 is 1.79 bits per heavy atom. The molecule has 1 nitrogen and oxygen atoms in total. The summed E-state index contributed by atoms with van der Waals surface area (Å²) in [6, 6.07) is 6.29. The highest BCUT2D eigenvalue weighted by Crippen LogP contribution is 2.26. The first-order chi connectivity index (χ1) is 6.50. The molecule has 0 aromatic heterocycles. The second kappa shape index (κ2) is 5.01. The molecule has 0 fully saturated rings. The molecule has 1 unspecified atom stereocenters. The van der Waals surface area contributed by atoms with Crippen LogP contribution in [0.1, 0.15) is 32.4 Å². The van der Waals surface area contributed by atoms with Crippen molar-refractivity contribution < 1.29 is 0 Å². The summed E-state index contributed by atoms with van der Waals surface area (Å²) < 4.78 is 0. The molecule has 0 aliphatic heterocycles. The van der Waals surface area contributed by atoms with Crippen LogP contribution >= 0.6 is 23.2 Å². The van der Waals surface area contributed by atoms with Crippen LogP contribution in [0.2, 0.25) is 10.0 Å². The topological polar surface area (TPSA) is 12.0 Å². The summed E-state index contributed by atoms with van der Waals surface area (Å²) in [5, 5.41) is 4.79. The lowest BCUT2D eigenvalue weighted by Gasteiger charge is -2.18. The van der Waals surface area contributed by atoms with Gasteiger partial charge >= 0.3 is 0 Å². The average Bonchev–Trinajstić information content (AvgIpc) is 2.01. The Morgan fingerprint density at radius 1 is 1.14 bits per heavy atom. The molecule has 0 heterocycles. The normalized spacial score (nSPS) is 13.3. The minimum absolute atomic E-state index is 0.250. The first-order valence-electron chi connectivity index (χ1n) is 4.71. The van der Waals surface area contributed by atoms with E-state index < -0.39 is 0 Å². The smallest absolute Gasteiger partial charge is 0.0468 e. The third-order valence-electron chi connectivity index (χ3n) is 2.01. The van der Waals surface area contributed by atoms with E-state index in [9.17, 15) is 0 Å². The van der Waals surface area contributed by atoms with Crippen molar-refractivity contribution in [3.8, 4) is 0 Å². The van der Waals surface area contributed by atoms with Gasteiger partial charge in [-0.05, 0) is 24.6 Å². The van der Waals surface area contributed by atoms with Crippen LogP contribution in [-0.4, -0.2) is 6.04 Å². The van der Waals surface area contributed by atoms with Gasteiger partial charge in [0, 0.05) is 22.1 Å². The third kappa shape index (κ3) is 3.16. The lowest BCUT2D eigenvalue weighted by atomic mass is 10.1. The Morgan fingerprint density at radius 3 is 2.29 bits per heavy atom. The minimum Gasteiger partial charge on any atom is -0.308 e. The second-order valence-corrected chi connectivity index (χ2v) is 4.55. The Hall–Kier alpha value is -0.240. The van der Waals surface area contributed by atoms with Gasteiger partial charge in [0.15, 0.2) is 0 Å². The van der Waals surface area contributed by atoms with E-state index in [0.717, 1.165) is 10.6 Å². The standard InChI is InChI=1S/C11H15Cl2N/c1-7(2)14-8(3)10-5-4-9(12)6-11(10)13/h4-8,14H,1-3H3. The van der Waals surface area contributed by atoms with E-state index in [1.54, 1.807) is 6.07 Å². The van der Waals surface area contributed by atoms with Crippen LogP contribution in [0.5, 0.6) is 0 Å². The molecule has 1 aromatic rings. The van der Waals surface area contributed by atoms with Crippen molar-refractivity contribution >= 4 is 23.2 Å². The van der Waals surface area contributed by atoms with Gasteiger partial charge in [-0.2, -0.15) is 0 Å². The molecule has 0 spiro atoms. The zero-order valence-electron chi connectivity index (χ0n) is 8.64. The molecule has 0 aliphatic carbocycles. The number of halogens is 2. The minimum atomic E-state index is 0.250. The van der Waals surface area contributed by atoms with E-state index >= 15 is 0 Å². The van der Waals surface area contributed by atoms with Crippen LogP contribution in [0, 0.1) is 0 Å². The molecule has 0 radical (unpaired) electrons. The lowest BCUT2D eigenvalue weighted by Crippen LogP contribution is -2.26. The number of hydrogen-bond donors (Lipinski definition) is 1. The molecule has 78 valence electrons. The van der Waals surface area contributed by atoms with Crippen molar-refractivity contribution in [1.29, 1.82) is 0 Å². The summed E-state index contributed by atoms with van der Waals surface area (Å²) in [6.07, 6.45) is 0. The van der Waals surface area contributed by atoms with Gasteiger partial charge in [-0.25, -0.2) is 0 Å². The Labute approximate surface area is 95.4 Å². The molecule has 0 bridgehead atoms. The van der Waals surface area contributed by atoms with E-state index in [1.165, 1.54) is 0 Å². The quantitative estimate of drug-likeness (QED) is 0.828. The molecule has 0 amide bonds. The molecule has 0 saturated carbocycles. The van der Waals surface area contributed by atoms with Crippen molar-refractivity contribution in [3.05, 3.63) is 33.8 Å². The predicted molar refractivity (Wildman–Crippen MR) is 63.1 cm³/mol. The van der Waals surface area contributed by atoms with Gasteiger partial charge in [0.2, 0.25) is 0 Å². The largest absolute Gasteiger partial charge is 0.308 e. The summed E-state index contributed by atoms with van der Waals surface area (Å²) in [4.78, 5) is 0. The fourth-order valence-electron chi connectivity index (χ4n) is 1.44. The molecule has 0 saturated heterocycles. The van der Waals surface area contributed by atoms with Crippen molar-refractivity contribution in [3.63, 3.8) is 0 Å². The molecular weight excluding hydrogens is 217 g/mol. The van der Waals surface area contributed by atoms with Gasteiger partial charge < -0.3 is 5.32 Å². The van der Waals surface area contributed by atoms with Crippen LogP contribution in [-0.2, 0) is 0 Å². The molecule has 1 aromatic carbocycles. The monoisotopic (exact) mass is 231 g/mol.